The maximum Gasteiger partial charge on any atom is 0.410 e. The summed E-state index contributed by atoms with van der Waals surface area (Å²) in [6, 6.07) is 9.13. The lowest BCUT2D eigenvalue weighted by Gasteiger charge is -2.35. The van der Waals surface area contributed by atoms with Crippen LogP contribution in [0.15, 0.2) is 41.6 Å². The Balaban J connectivity index is 1.07. The van der Waals surface area contributed by atoms with Gasteiger partial charge in [0.2, 0.25) is 5.91 Å². The summed E-state index contributed by atoms with van der Waals surface area (Å²) in [5.41, 5.74) is 0.292. The Morgan fingerprint density at radius 1 is 1.19 bits per heavy atom. The molecule has 1 unspecified atom stereocenters. The Hall–Kier alpha value is -3.54. The zero-order valence-corrected chi connectivity index (χ0v) is 20.9. The summed E-state index contributed by atoms with van der Waals surface area (Å²) in [6.45, 7) is 1.72. The molecule has 3 heterocycles. The molecule has 2 amide bonds. The third-order valence-electron chi connectivity index (χ3n) is 6.47. The summed E-state index contributed by atoms with van der Waals surface area (Å²) in [4.78, 5) is 35.6. The van der Waals surface area contributed by atoms with Gasteiger partial charge in [0, 0.05) is 25.2 Å². The van der Waals surface area contributed by atoms with Crippen LogP contribution in [-0.4, -0.2) is 83.0 Å². The summed E-state index contributed by atoms with van der Waals surface area (Å²) < 4.78 is 43.6. The van der Waals surface area contributed by atoms with Gasteiger partial charge in [-0.2, -0.15) is 0 Å². The molecule has 0 aliphatic carbocycles. The molecule has 0 spiro atoms. The fraction of sp³-hybridized carbons (Fsp3) is 0.400. The normalized spacial score (nSPS) is 18.4. The number of fused-ring (bicyclic) bond motifs is 1. The molecule has 196 valence electrons. The monoisotopic (exact) mass is 532 g/mol. The van der Waals surface area contributed by atoms with Gasteiger partial charge in [-0.15, -0.1) is 0 Å². The van der Waals surface area contributed by atoms with Crippen molar-refractivity contribution < 1.29 is 32.6 Å². The average Bonchev–Trinajstić information content (AvgIpc) is 3.49. The number of halogens is 2. The van der Waals surface area contributed by atoms with E-state index >= 15 is 0 Å². The van der Waals surface area contributed by atoms with E-state index in [1.54, 1.807) is 41.2 Å². The number of thioether (sulfide) groups is 1. The molecule has 37 heavy (non-hydrogen) atoms. The van der Waals surface area contributed by atoms with Crippen molar-refractivity contribution in [2.75, 3.05) is 39.1 Å². The molecule has 3 aromatic rings. The molecule has 2 aliphatic heterocycles. The highest BCUT2D eigenvalue weighted by Crippen LogP contribution is 2.26. The van der Waals surface area contributed by atoms with E-state index in [0.29, 0.717) is 43.4 Å². The van der Waals surface area contributed by atoms with Crippen molar-refractivity contribution in [2.45, 2.75) is 30.1 Å². The zero-order valence-electron chi connectivity index (χ0n) is 20.1. The van der Waals surface area contributed by atoms with Crippen LogP contribution >= 0.6 is 11.8 Å². The third-order valence-corrected chi connectivity index (χ3v) is 7.33. The van der Waals surface area contributed by atoms with Crippen molar-refractivity contribution in [3.63, 3.8) is 0 Å². The van der Waals surface area contributed by atoms with Gasteiger partial charge in [-0.3, -0.25) is 4.79 Å². The Morgan fingerprint density at radius 3 is 2.65 bits per heavy atom. The second-order valence-electron chi connectivity index (χ2n) is 8.87. The van der Waals surface area contributed by atoms with E-state index in [1.807, 2.05) is 0 Å². The minimum Gasteiger partial charge on any atom is -0.497 e. The van der Waals surface area contributed by atoms with Gasteiger partial charge in [0.1, 0.15) is 29.4 Å². The molecule has 0 radical (unpaired) electrons. The molecule has 2 saturated heterocycles. The fourth-order valence-corrected chi connectivity index (χ4v) is 5.30. The predicted molar refractivity (Wildman–Crippen MR) is 132 cm³/mol. The molecular formula is C25H26F2N4O5S. The van der Waals surface area contributed by atoms with E-state index in [9.17, 15) is 18.4 Å². The van der Waals surface area contributed by atoms with E-state index in [0.717, 1.165) is 23.6 Å². The molecule has 0 saturated carbocycles. The number of cyclic esters (lactones) is 1. The lowest BCUT2D eigenvalue weighted by molar-refractivity contribution is -0.129. The van der Waals surface area contributed by atoms with Gasteiger partial charge in [0.15, 0.2) is 17.1 Å². The minimum atomic E-state index is -0.749. The molecule has 2 fully saturated rings. The van der Waals surface area contributed by atoms with Crippen LogP contribution in [-0.2, 0) is 9.53 Å². The number of aromatic nitrogens is 2. The highest BCUT2D eigenvalue weighted by molar-refractivity contribution is 7.99. The van der Waals surface area contributed by atoms with E-state index in [2.05, 4.69) is 9.97 Å². The number of likely N-dealkylation sites (tertiary alicyclic amines) is 1. The first-order valence-corrected chi connectivity index (χ1v) is 12.9. The van der Waals surface area contributed by atoms with E-state index in [-0.39, 0.29) is 47.5 Å². The molecule has 5 rings (SSSR count). The number of carbonyl (C=O) groups excluding carboxylic acids is 2. The van der Waals surface area contributed by atoms with Crippen molar-refractivity contribution >= 4 is 34.8 Å². The zero-order chi connectivity index (χ0) is 25.9. The van der Waals surface area contributed by atoms with Crippen molar-refractivity contribution in [1.29, 1.82) is 0 Å². The highest BCUT2D eigenvalue weighted by Gasteiger charge is 2.38. The molecule has 1 atom stereocenters. The standard InChI is InChI=1S/C25H26F2N4O5S/c1-34-17-2-4-18(5-3-17)35-13-19-12-31(25(33)36-19)16-6-8-30(9-7-16)22(32)14-37-24-28-21-11-15(26)10-20(27)23(21)29-24/h2-5,10-11,16,19H,6-9,12-14H2,1H3,(H,28,29). The number of imidazole rings is 1. The van der Waals surface area contributed by atoms with Crippen LogP contribution in [0.2, 0.25) is 0 Å². The number of nitrogens with zero attached hydrogens (tertiary/aromatic N) is 3. The molecule has 12 heteroatoms. The van der Waals surface area contributed by atoms with Crippen LogP contribution in [0.25, 0.3) is 11.0 Å². The first-order chi connectivity index (χ1) is 17.9. The lowest BCUT2D eigenvalue weighted by atomic mass is 10.0. The highest BCUT2D eigenvalue weighted by atomic mass is 32.2. The first kappa shape index (κ1) is 25.1. The van der Waals surface area contributed by atoms with E-state index in [4.69, 9.17) is 14.2 Å². The molecule has 1 aromatic heterocycles. The van der Waals surface area contributed by atoms with Crippen molar-refractivity contribution in [2.24, 2.45) is 0 Å². The lowest BCUT2D eigenvalue weighted by Crippen LogP contribution is -2.47. The van der Waals surface area contributed by atoms with Crippen molar-refractivity contribution in [1.82, 2.24) is 19.8 Å². The van der Waals surface area contributed by atoms with Crippen LogP contribution in [0.5, 0.6) is 11.5 Å². The Labute approximate surface area is 216 Å². The molecular weight excluding hydrogens is 506 g/mol. The van der Waals surface area contributed by atoms with Crippen LogP contribution < -0.4 is 9.47 Å². The van der Waals surface area contributed by atoms with Gasteiger partial charge in [0.25, 0.3) is 0 Å². The molecule has 1 N–H and O–H groups in total. The van der Waals surface area contributed by atoms with Gasteiger partial charge in [0.05, 0.1) is 24.9 Å². The van der Waals surface area contributed by atoms with E-state index in [1.165, 1.54) is 6.07 Å². The summed E-state index contributed by atoms with van der Waals surface area (Å²) in [5.74, 6) is -0.00447. The Kier molecular flexibility index (Phi) is 7.36. The number of ether oxygens (including phenoxy) is 3. The van der Waals surface area contributed by atoms with Gasteiger partial charge in [-0.25, -0.2) is 18.6 Å². The number of aromatic amines is 1. The number of piperidine rings is 1. The summed E-state index contributed by atoms with van der Waals surface area (Å²) in [7, 11) is 1.59. The summed E-state index contributed by atoms with van der Waals surface area (Å²) in [5, 5.41) is 0.352. The van der Waals surface area contributed by atoms with Gasteiger partial charge in [-0.1, -0.05) is 11.8 Å². The molecule has 2 aliphatic rings. The van der Waals surface area contributed by atoms with Crippen molar-refractivity contribution in [3.05, 3.63) is 48.0 Å². The number of rotatable bonds is 8. The van der Waals surface area contributed by atoms with Crippen LogP contribution in [0, 0.1) is 11.6 Å². The van der Waals surface area contributed by atoms with E-state index < -0.39 is 11.6 Å². The Morgan fingerprint density at radius 2 is 1.92 bits per heavy atom. The van der Waals surface area contributed by atoms with Crippen molar-refractivity contribution in [3.8, 4) is 11.5 Å². The molecule has 9 nitrogen and oxygen atoms in total. The van der Waals surface area contributed by atoms with Crippen LogP contribution in [0.4, 0.5) is 13.6 Å². The molecule has 2 aromatic carbocycles. The largest absolute Gasteiger partial charge is 0.497 e. The fourth-order valence-electron chi connectivity index (χ4n) is 4.52. The number of carbonyl (C=O) groups is 2. The van der Waals surface area contributed by atoms with Crippen LogP contribution in [0.1, 0.15) is 12.8 Å². The number of methoxy groups -OCH3 is 1. The molecule has 0 bridgehead atoms. The first-order valence-electron chi connectivity index (χ1n) is 11.9. The average molecular weight is 533 g/mol. The van der Waals surface area contributed by atoms with Crippen LogP contribution in [0.3, 0.4) is 0 Å². The number of amides is 2. The van der Waals surface area contributed by atoms with Gasteiger partial charge < -0.3 is 29.0 Å². The smallest absolute Gasteiger partial charge is 0.410 e. The number of hydrogen-bond acceptors (Lipinski definition) is 7. The number of hydrogen-bond donors (Lipinski definition) is 1. The SMILES string of the molecule is COc1ccc(OCC2CN(C3CCN(C(=O)CSc4nc5c(F)cc(F)cc5[nH]4)CC3)C(=O)O2)cc1. The van der Waals surface area contributed by atoms with Gasteiger partial charge >= 0.3 is 6.09 Å². The quantitative estimate of drug-likeness (QED) is 0.441. The second-order valence-corrected chi connectivity index (χ2v) is 9.84. The second kappa shape index (κ2) is 10.8. The topological polar surface area (TPSA) is 97.0 Å². The van der Waals surface area contributed by atoms with Gasteiger partial charge in [-0.05, 0) is 43.2 Å². The summed E-state index contributed by atoms with van der Waals surface area (Å²) >= 11 is 1.14. The Bertz CT molecular complexity index is 1280. The maximum absolute atomic E-state index is 13.9. The predicted octanol–water partition coefficient (Wildman–Crippen LogP) is 3.83. The number of benzene rings is 2. The number of H-pyrrole nitrogens is 1. The summed E-state index contributed by atoms with van der Waals surface area (Å²) in [6.07, 6.45) is 0.560. The maximum atomic E-state index is 13.9. The number of nitrogens with one attached hydrogen (secondary N) is 1. The minimum absolute atomic E-state index is 0.0107. The third kappa shape index (κ3) is 5.74.